The summed E-state index contributed by atoms with van der Waals surface area (Å²) in [5, 5.41) is 13.6. The van der Waals surface area contributed by atoms with Crippen molar-refractivity contribution in [3.8, 4) is 0 Å². The number of aromatic nitrogens is 5. The molecule has 0 spiro atoms. The van der Waals surface area contributed by atoms with Crippen LogP contribution in [0.5, 0.6) is 0 Å². The molecule has 3 unspecified atom stereocenters. The highest BCUT2D eigenvalue weighted by Crippen LogP contribution is 2.65. The smallest absolute Gasteiger partial charge is 0.154 e. The van der Waals surface area contributed by atoms with Crippen molar-refractivity contribution in [3.05, 3.63) is 78.7 Å². The monoisotopic (exact) mass is 457 g/mol. The summed E-state index contributed by atoms with van der Waals surface area (Å²) in [7, 11) is 0. The second-order valence-electron chi connectivity index (χ2n) is 10.1. The van der Waals surface area contributed by atoms with E-state index in [9.17, 15) is 5.21 Å². The molecule has 3 aliphatic rings. The molecule has 1 aliphatic carbocycles. The van der Waals surface area contributed by atoms with Gasteiger partial charge in [-0.05, 0) is 56.4 Å². The number of hydrogen-bond acceptors (Lipinski definition) is 8. The fourth-order valence-corrected chi connectivity index (χ4v) is 6.70. The molecule has 0 radical (unpaired) electrons. The standard InChI is InChI=1S/C26H31N7O/c1-24(22-28-12-6-13-29-22)25(18-20-9-10-20,23-30-14-7-15-31-23)19-33(34)26(24,32-16-4-5-17-32)21-8-2-3-11-27-21/h2-3,6-8,11-15,20,34H,4-5,9-10,16-19H2,1H3. The van der Waals surface area contributed by atoms with E-state index in [1.165, 1.54) is 17.9 Å². The molecule has 2 saturated heterocycles. The molecular formula is C26H31N7O. The first-order valence-corrected chi connectivity index (χ1v) is 12.3. The summed E-state index contributed by atoms with van der Waals surface area (Å²) in [4.78, 5) is 26.6. The third-order valence-electron chi connectivity index (χ3n) is 8.37. The molecule has 3 aromatic rings. The maximum atomic E-state index is 12.1. The number of likely N-dealkylation sites (tertiary alicyclic amines) is 1. The highest BCUT2D eigenvalue weighted by atomic mass is 16.5. The highest BCUT2D eigenvalue weighted by molar-refractivity contribution is 5.41. The minimum absolute atomic E-state index is 0.384. The molecule has 6 rings (SSSR count). The molecule has 1 N–H and O–H groups in total. The lowest BCUT2D eigenvalue weighted by molar-refractivity contribution is -0.229. The predicted molar refractivity (Wildman–Crippen MR) is 126 cm³/mol. The summed E-state index contributed by atoms with van der Waals surface area (Å²) in [5.74, 6) is 2.00. The molecule has 0 aromatic carbocycles. The Hall–Kier alpha value is -2.81. The van der Waals surface area contributed by atoms with Crippen molar-refractivity contribution >= 4 is 0 Å². The topological polar surface area (TPSA) is 91.2 Å². The van der Waals surface area contributed by atoms with Crippen molar-refractivity contribution in [1.82, 2.24) is 34.9 Å². The molecule has 2 aliphatic heterocycles. The van der Waals surface area contributed by atoms with Crippen LogP contribution in [0.4, 0.5) is 0 Å². The van der Waals surface area contributed by atoms with Crippen molar-refractivity contribution in [2.75, 3.05) is 19.6 Å². The Morgan fingerprint density at radius 2 is 1.47 bits per heavy atom. The summed E-state index contributed by atoms with van der Waals surface area (Å²) in [6.45, 7) is 4.33. The third kappa shape index (κ3) is 2.92. The van der Waals surface area contributed by atoms with E-state index in [2.05, 4.69) is 11.8 Å². The van der Waals surface area contributed by atoms with Gasteiger partial charge < -0.3 is 5.21 Å². The molecule has 34 heavy (non-hydrogen) atoms. The van der Waals surface area contributed by atoms with E-state index in [1.807, 2.05) is 48.9 Å². The van der Waals surface area contributed by atoms with Crippen molar-refractivity contribution in [1.29, 1.82) is 0 Å². The Morgan fingerprint density at radius 3 is 2.06 bits per heavy atom. The molecule has 8 nitrogen and oxygen atoms in total. The van der Waals surface area contributed by atoms with Crippen LogP contribution in [0.1, 0.15) is 56.4 Å². The second kappa shape index (κ2) is 8.15. The van der Waals surface area contributed by atoms with Gasteiger partial charge in [0.05, 0.1) is 16.5 Å². The quantitative estimate of drug-likeness (QED) is 0.603. The van der Waals surface area contributed by atoms with Gasteiger partial charge >= 0.3 is 0 Å². The van der Waals surface area contributed by atoms with E-state index in [0.717, 1.165) is 43.9 Å². The van der Waals surface area contributed by atoms with Gasteiger partial charge in [-0.15, -0.1) is 0 Å². The maximum Gasteiger partial charge on any atom is 0.154 e. The Labute approximate surface area is 200 Å². The number of pyridine rings is 1. The Kier molecular flexibility index (Phi) is 5.20. The lowest BCUT2D eigenvalue weighted by Gasteiger charge is -2.53. The third-order valence-corrected chi connectivity index (χ3v) is 8.37. The van der Waals surface area contributed by atoms with Crippen LogP contribution in [-0.4, -0.2) is 59.7 Å². The van der Waals surface area contributed by atoms with Crippen LogP contribution in [0.25, 0.3) is 0 Å². The molecule has 176 valence electrons. The first-order chi connectivity index (χ1) is 16.6. The van der Waals surface area contributed by atoms with Crippen LogP contribution in [0, 0.1) is 5.92 Å². The normalized spacial score (nSPS) is 32.3. The van der Waals surface area contributed by atoms with E-state index < -0.39 is 16.5 Å². The van der Waals surface area contributed by atoms with Gasteiger partial charge in [-0.1, -0.05) is 18.9 Å². The first-order valence-electron chi connectivity index (χ1n) is 12.3. The molecule has 0 bridgehead atoms. The van der Waals surface area contributed by atoms with Gasteiger partial charge in [0, 0.05) is 50.6 Å². The lowest BCUT2D eigenvalue weighted by Crippen LogP contribution is -2.65. The van der Waals surface area contributed by atoms with E-state index in [-0.39, 0.29) is 0 Å². The zero-order valence-corrected chi connectivity index (χ0v) is 19.6. The second-order valence-corrected chi connectivity index (χ2v) is 10.1. The summed E-state index contributed by atoms with van der Waals surface area (Å²) >= 11 is 0. The largest absolute Gasteiger partial charge is 0.312 e. The number of nitrogens with zero attached hydrogens (tertiary/aromatic N) is 7. The average Bonchev–Trinajstić information content (AvgIpc) is 3.48. The summed E-state index contributed by atoms with van der Waals surface area (Å²) in [6, 6.07) is 9.65. The average molecular weight is 458 g/mol. The van der Waals surface area contributed by atoms with Crippen LogP contribution in [-0.2, 0) is 16.5 Å². The van der Waals surface area contributed by atoms with Crippen molar-refractivity contribution in [2.45, 2.75) is 55.5 Å². The Bertz CT molecular complexity index is 1120. The zero-order chi connectivity index (χ0) is 23.2. The minimum atomic E-state index is -0.958. The Morgan fingerprint density at radius 1 is 0.853 bits per heavy atom. The minimum Gasteiger partial charge on any atom is -0.312 e. The molecule has 3 atom stereocenters. The predicted octanol–water partition coefficient (Wildman–Crippen LogP) is 3.31. The van der Waals surface area contributed by atoms with E-state index >= 15 is 0 Å². The molecule has 8 heteroatoms. The van der Waals surface area contributed by atoms with Crippen LogP contribution in [0.15, 0.2) is 61.3 Å². The van der Waals surface area contributed by atoms with Crippen LogP contribution < -0.4 is 0 Å². The maximum absolute atomic E-state index is 12.1. The number of hydrogen-bond donors (Lipinski definition) is 1. The summed E-state index contributed by atoms with van der Waals surface area (Å²) in [5.41, 5.74) is -1.53. The van der Waals surface area contributed by atoms with Gasteiger partial charge in [-0.2, -0.15) is 5.06 Å². The van der Waals surface area contributed by atoms with Crippen LogP contribution in [0.2, 0.25) is 0 Å². The van der Waals surface area contributed by atoms with Gasteiger partial charge in [0.25, 0.3) is 0 Å². The van der Waals surface area contributed by atoms with E-state index in [4.69, 9.17) is 24.9 Å². The van der Waals surface area contributed by atoms with Crippen molar-refractivity contribution < 1.29 is 5.21 Å². The molecule has 1 saturated carbocycles. The van der Waals surface area contributed by atoms with Gasteiger partial charge in [0.1, 0.15) is 11.6 Å². The van der Waals surface area contributed by atoms with Crippen LogP contribution in [0.3, 0.4) is 0 Å². The van der Waals surface area contributed by atoms with Crippen LogP contribution >= 0.6 is 0 Å². The van der Waals surface area contributed by atoms with Gasteiger partial charge in [0.15, 0.2) is 5.66 Å². The lowest BCUT2D eigenvalue weighted by atomic mass is 9.56. The molecule has 3 aromatic heterocycles. The summed E-state index contributed by atoms with van der Waals surface area (Å²) < 4.78 is 0. The van der Waals surface area contributed by atoms with Gasteiger partial charge in [0.2, 0.25) is 0 Å². The summed E-state index contributed by atoms with van der Waals surface area (Å²) in [6.07, 6.45) is 14.4. The van der Waals surface area contributed by atoms with Gasteiger partial charge in [-0.3, -0.25) is 9.88 Å². The number of hydroxylamine groups is 2. The fourth-order valence-electron chi connectivity index (χ4n) is 6.70. The highest BCUT2D eigenvalue weighted by Gasteiger charge is 2.76. The van der Waals surface area contributed by atoms with Gasteiger partial charge in [-0.25, -0.2) is 19.9 Å². The molecule has 5 heterocycles. The molecule has 0 amide bonds. The fraction of sp³-hybridized carbons (Fsp3) is 0.500. The SMILES string of the molecule is CC1(c2ncccn2)C(CC2CC2)(c2ncccn2)CN(O)C1(c1ccccn1)N1CCCC1. The number of rotatable bonds is 6. The van der Waals surface area contributed by atoms with E-state index in [1.54, 1.807) is 12.4 Å². The Balaban J connectivity index is 1.70. The van der Waals surface area contributed by atoms with Crippen molar-refractivity contribution in [2.24, 2.45) is 5.92 Å². The van der Waals surface area contributed by atoms with E-state index in [0.29, 0.717) is 18.3 Å². The molecule has 3 fully saturated rings. The molecular weight excluding hydrogens is 426 g/mol. The zero-order valence-electron chi connectivity index (χ0n) is 19.6. The first kappa shape index (κ1) is 21.7. The van der Waals surface area contributed by atoms with Crippen molar-refractivity contribution in [3.63, 3.8) is 0 Å².